The summed E-state index contributed by atoms with van der Waals surface area (Å²) in [5.41, 5.74) is 0. The molecule has 0 spiro atoms. The largest absolute Gasteiger partial charge is 0.508 e. The van der Waals surface area contributed by atoms with Gasteiger partial charge in [0.05, 0.1) is 0 Å². The first-order valence-electron chi connectivity index (χ1n) is 5.33. The average molecular weight is 350 g/mol. The molecule has 6 nitrogen and oxygen atoms in total. The summed E-state index contributed by atoms with van der Waals surface area (Å²) in [5, 5.41) is 34.6. The van der Waals surface area contributed by atoms with Gasteiger partial charge in [-0.05, 0) is 24.3 Å². The van der Waals surface area contributed by atoms with Crippen molar-refractivity contribution in [3.05, 3.63) is 48.5 Å². The molecule has 0 radical (unpaired) electrons. The molecule has 2 aromatic rings. The molecule has 21 heavy (non-hydrogen) atoms. The highest BCUT2D eigenvalue weighted by Gasteiger charge is 1.96. The molecular formula is C12H15O6PS2. The molecule has 116 valence electrons. The third-order valence-electron chi connectivity index (χ3n) is 1.71. The first-order chi connectivity index (χ1) is 9.59. The lowest BCUT2D eigenvalue weighted by molar-refractivity contribution is 0.404. The Kier molecular flexibility index (Phi) is 8.80. The third-order valence-corrected chi connectivity index (χ3v) is 1.71. The minimum Gasteiger partial charge on any atom is -0.508 e. The number of phenolic OH excluding ortho intramolecular Hbond substituents is 4. The van der Waals surface area contributed by atoms with Crippen LogP contribution in [0.1, 0.15) is 0 Å². The van der Waals surface area contributed by atoms with E-state index in [9.17, 15) is 4.57 Å². The van der Waals surface area contributed by atoms with E-state index in [1.807, 2.05) is 0 Å². The normalized spacial score (nSPS) is 9.67. The van der Waals surface area contributed by atoms with Gasteiger partial charge in [-0.1, -0.05) is 42.7 Å². The molecule has 0 unspecified atom stereocenters. The van der Waals surface area contributed by atoms with Crippen molar-refractivity contribution in [3.8, 4) is 23.0 Å². The smallest absolute Gasteiger partial charge is 0.304 e. The van der Waals surface area contributed by atoms with Gasteiger partial charge in [-0.25, -0.2) is 0 Å². The van der Waals surface area contributed by atoms with Crippen LogP contribution in [0.4, 0.5) is 0 Å². The Bertz CT molecular complexity index is 555. The molecule has 0 fully saturated rings. The molecular weight excluding hydrogens is 335 g/mol. The highest BCUT2D eigenvalue weighted by molar-refractivity contribution is 8.78. The highest BCUT2D eigenvalue weighted by atomic mass is 33.1. The van der Waals surface area contributed by atoms with Crippen LogP contribution in [0.15, 0.2) is 48.5 Å². The van der Waals surface area contributed by atoms with E-state index in [2.05, 4.69) is 24.5 Å². The Hall–Kier alpha value is -1.47. The Morgan fingerprint density at radius 2 is 1.10 bits per heavy atom. The number of hydrogen-bond donors (Lipinski definition) is 7. The van der Waals surface area contributed by atoms with Gasteiger partial charge in [-0.15, -0.1) is 0 Å². The van der Waals surface area contributed by atoms with Crippen molar-refractivity contribution in [2.24, 2.45) is 0 Å². The van der Waals surface area contributed by atoms with Crippen molar-refractivity contribution in [2.75, 3.05) is 0 Å². The quantitative estimate of drug-likeness (QED) is 0.223. The highest BCUT2D eigenvalue weighted by Crippen LogP contribution is 2.50. The molecule has 0 saturated heterocycles. The number of thiol groups is 2. The van der Waals surface area contributed by atoms with Crippen LogP contribution in [0.2, 0.25) is 0 Å². The molecule has 0 aliphatic carbocycles. The second-order valence-corrected chi connectivity index (χ2v) is 8.75. The Balaban J connectivity index is 0.000000296. The Morgan fingerprint density at radius 1 is 0.762 bits per heavy atom. The van der Waals surface area contributed by atoms with E-state index in [0.717, 1.165) is 0 Å². The fourth-order valence-electron chi connectivity index (χ4n) is 0.957. The van der Waals surface area contributed by atoms with Crippen LogP contribution in [0.5, 0.6) is 23.0 Å². The van der Waals surface area contributed by atoms with Crippen LogP contribution in [0.25, 0.3) is 0 Å². The number of aromatic hydroxyl groups is 4. The summed E-state index contributed by atoms with van der Waals surface area (Å²) in [6.07, 6.45) is 0. The van der Waals surface area contributed by atoms with Crippen molar-refractivity contribution in [3.63, 3.8) is 0 Å². The summed E-state index contributed by atoms with van der Waals surface area (Å²) in [6, 6.07) is 12.0. The van der Waals surface area contributed by atoms with E-state index >= 15 is 0 Å². The van der Waals surface area contributed by atoms with Gasteiger partial charge in [0.1, 0.15) is 11.5 Å². The van der Waals surface area contributed by atoms with E-state index < -0.39 is 5.77 Å². The van der Waals surface area contributed by atoms with Crippen LogP contribution in [0, 0.1) is 0 Å². The zero-order valence-corrected chi connectivity index (χ0v) is 13.3. The fourth-order valence-corrected chi connectivity index (χ4v) is 0.957. The monoisotopic (exact) mass is 350 g/mol. The van der Waals surface area contributed by atoms with Gasteiger partial charge in [0.15, 0.2) is 11.5 Å². The summed E-state index contributed by atoms with van der Waals surface area (Å²) in [4.78, 5) is 7.80. The Labute approximate surface area is 132 Å². The second kappa shape index (κ2) is 9.46. The van der Waals surface area contributed by atoms with Gasteiger partial charge in [0.2, 0.25) is 0 Å². The molecule has 0 amide bonds. The molecule has 5 N–H and O–H groups in total. The van der Waals surface area contributed by atoms with Gasteiger partial charge >= 0.3 is 5.77 Å². The maximum absolute atomic E-state index is 9.50. The van der Waals surface area contributed by atoms with Crippen LogP contribution in [0.3, 0.4) is 0 Å². The van der Waals surface area contributed by atoms with Gasteiger partial charge in [-0.3, -0.25) is 4.57 Å². The van der Waals surface area contributed by atoms with Crippen molar-refractivity contribution < 1.29 is 29.9 Å². The predicted octanol–water partition coefficient (Wildman–Crippen LogP) is 3.14. The second-order valence-electron chi connectivity index (χ2n) is 3.52. The zero-order valence-electron chi connectivity index (χ0n) is 10.6. The maximum atomic E-state index is 9.50. The molecule has 0 saturated carbocycles. The lowest BCUT2D eigenvalue weighted by Crippen LogP contribution is -1.63. The van der Waals surface area contributed by atoms with Gasteiger partial charge in [0.25, 0.3) is 0 Å². The first kappa shape index (κ1) is 19.5. The van der Waals surface area contributed by atoms with E-state index in [1.165, 1.54) is 30.3 Å². The van der Waals surface area contributed by atoms with Crippen molar-refractivity contribution in [1.82, 2.24) is 0 Å². The SMILES string of the molecule is O=P(O)(S)S.Oc1cccc(O)c1.Oc1ccccc1O. The van der Waals surface area contributed by atoms with Crippen LogP contribution < -0.4 is 0 Å². The van der Waals surface area contributed by atoms with E-state index in [-0.39, 0.29) is 23.0 Å². The average Bonchev–Trinajstić information content (AvgIpc) is 2.31. The molecule has 0 bridgehead atoms. The summed E-state index contributed by atoms with van der Waals surface area (Å²) in [7, 11) is 0. The van der Waals surface area contributed by atoms with Gasteiger partial charge < -0.3 is 25.3 Å². The molecule has 0 heterocycles. The lowest BCUT2D eigenvalue weighted by Gasteiger charge is -1.91. The van der Waals surface area contributed by atoms with Crippen molar-refractivity contribution in [2.45, 2.75) is 0 Å². The molecule has 2 aromatic carbocycles. The van der Waals surface area contributed by atoms with E-state index in [0.29, 0.717) is 0 Å². The number of hydrogen-bond acceptors (Lipinski definition) is 5. The summed E-state index contributed by atoms with van der Waals surface area (Å²) < 4.78 is 9.50. The molecule has 9 heteroatoms. The van der Waals surface area contributed by atoms with E-state index in [4.69, 9.17) is 25.3 Å². The van der Waals surface area contributed by atoms with Gasteiger partial charge in [-0.2, -0.15) is 0 Å². The molecule has 0 atom stereocenters. The summed E-state index contributed by atoms with van der Waals surface area (Å²) >= 11 is 6.20. The Morgan fingerprint density at radius 3 is 1.29 bits per heavy atom. The lowest BCUT2D eigenvalue weighted by atomic mass is 10.3. The summed E-state index contributed by atoms with van der Waals surface area (Å²) in [5.74, 6) is -3.23. The number of rotatable bonds is 0. The number of phenols is 4. The van der Waals surface area contributed by atoms with Crippen molar-refractivity contribution >= 4 is 30.3 Å². The topological polar surface area (TPSA) is 118 Å². The number of benzene rings is 2. The van der Waals surface area contributed by atoms with E-state index in [1.54, 1.807) is 18.2 Å². The minimum atomic E-state index is -3.25. The van der Waals surface area contributed by atoms with Gasteiger partial charge in [0, 0.05) is 6.07 Å². The van der Waals surface area contributed by atoms with Crippen LogP contribution in [-0.4, -0.2) is 25.3 Å². The molecule has 0 aliphatic heterocycles. The minimum absolute atomic E-state index is 0.0764. The number of para-hydroxylation sites is 2. The van der Waals surface area contributed by atoms with Crippen molar-refractivity contribution in [1.29, 1.82) is 0 Å². The predicted molar refractivity (Wildman–Crippen MR) is 87.3 cm³/mol. The standard InChI is InChI=1S/2C6H6O2.H3O2PS2/c7-5-2-1-3-6(8)4-5;7-5-3-1-2-4-6(5)8;1-3(2,4)5/h2*1-4,7-8H;(H3,1,2,4,5). The zero-order chi connectivity index (χ0) is 16.5. The third kappa shape index (κ3) is 13.3. The maximum Gasteiger partial charge on any atom is 0.304 e. The van der Waals surface area contributed by atoms with Crippen LogP contribution in [-0.2, 0) is 4.57 Å². The van der Waals surface area contributed by atoms with Crippen LogP contribution >= 0.6 is 30.3 Å². The summed E-state index contributed by atoms with van der Waals surface area (Å²) in [6.45, 7) is 0. The molecule has 2 rings (SSSR count). The molecule has 0 aromatic heterocycles. The first-order valence-corrected chi connectivity index (χ1v) is 9.29. The molecule has 0 aliphatic rings. The fraction of sp³-hybridized carbons (Fsp3) is 0.